The maximum atomic E-state index is 12.4. The van der Waals surface area contributed by atoms with Crippen LogP contribution in [0.5, 0.6) is 0 Å². The highest BCUT2D eigenvalue weighted by molar-refractivity contribution is 5.93. The molecular formula is C16H15N3O. The Kier molecular flexibility index (Phi) is 3.21. The third-order valence-corrected chi connectivity index (χ3v) is 3.31. The van der Waals surface area contributed by atoms with Gasteiger partial charge in [-0.3, -0.25) is 9.20 Å². The quantitative estimate of drug-likeness (QED) is 0.791. The zero-order valence-electron chi connectivity index (χ0n) is 11.2. The molecule has 0 bridgehead atoms. The number of fused-ring (bicyclic) bond motifs is 1. The van der Waals surface area contributed by atoms with Crippen molar-refractivity contribution in [3.05, 3.63) is 72.2 Å². The van der Waals surface area contributed by atoms with Crippen molar-refractivity contribution < 1.29 is 4.79 Å². The predicted molar refractivity (Wildman–Crippen MR) is 77.5 cm³/mol. The van der Waals surface area contributed by atoms with Crippen molar-refractivity contribution >= 4 is 11.6 Å². The van der Waals surface area contributed by atoms with Crippen molar-refractivity contribution in [2.75, 3.05) is 0 Å². The van der Waals surface area contributed by atoms with Gasteiger partial charge >= 0.3 is 0 Å². The van der Waals surface area contributed by atoms with E-state index >= 15 is 0 Å². The molecule has 2 aromatic heterocycles. The van der Waals surface area contributed by atoms with Crippen molar-refractivity contribution in [2.45, 2.75) is 13.0 Å². The van der Waals surface area contributed by atoms with Crippen LogP contribution in [-0.2, 0) is 0 Å². The lowest BCUT2D eigenvalue weighted by Crippen LogP contribution is -2.28. The maximum absolute atomic E-state index is 12.4. The number of pyridine rings is 1. The number of amides is 1. The van der Waals surface area contributed by atoms with Crippen LogP contribution in [0.15, 0.2) is 60.9 Å². The number of hydrogen-bond acceptors (Lipinski definition) is 2. The molecule has 0 radical (unpaired) electrons. The molecule has 1 N–H and O–H groups in total. The summed E-state index contributed by atoms with van der Waals surface area (Å²) in [6.45, 7) is 1.97. The number of hydrogen-bond donors (Lipinski definition) is 1. The Labute approximate surface area is 117 Å². The van der Waals surface area contributed by atoms with Crippen LogP contribution in [0.4, 0.5) is 0 Å². The van der Waals surface area contributed by atoms with Crippen molar-refractivity contribution in [2.24, 2.45) is 0 Å². The molecule has 3 aromatic rings. The summed E-state index contributed by atoms with van der Waals surface area (Å²) in [5, 5.41) is 3.01. The first kappa shape index (κ1) is 12.4. The van der Waals surface area contributed by atoms with E-state index in [-0.39, 0.29) is 11.9 Å². The van der Waals surface area contributed by atoms with Crippen LogP contribution in [0.2, 0.25) is 0 Å². The molecule has 2 heterocycles. The molecule has 0 aliphatic heterocycles. The zero-order chi connectivity index (χ0) is 13.9. The van der Waals surface area contributed by atoms with Crippen molar-refractivity contribution in [3.8, 4) is 0 Å². The molecule has 3 rings (SSSR count). The fourth-order valence-electron chi connectivity index (χ4n) is 2.23. The largest absolute Gasteiger partial charge is 0.344 e. The Morgan fingerprint density at radius 3 is 2.75 bits per heavy atom. The normalized spacial score (nSPS) is 12.2. The molecule has 1 atom stereocenters. The average molecular weight is 265 g/mol. The molecular weight excluding hydrogens is 250 g/mol. The van der Waals surface area contributed by atoms with Gasteiger partial charge in [0.05, 0.1) is 6.04 Å². The number of rotatable bonds is 3. The summed E-state index contributed by atoms with van der Waals surface area (Å²) in [7, 11) is 0. The molecule has 1 aromatic carbocycles. The Hall–Kier alpha value is -2.62. The summed E-state index contributed by atoms with van der Waals surface area (Å²) < 4.78 is 1.78. The molecule has 0 saturated carbocycles. The molecule has 0 aliphatic carbocycles. The van der Waals surface area contributed by atoms with Crippen LogP contribution in [-0.4, -0.2) is 15.3 Å². The first-order valence-corrected chi connectivity index (χ1v) is 6.53. The molecule has 0 saturated heterocycles. The van der Waals surface area contributed by atoms with E-state index in [1.165, 1.54) is 0 Å². The second-order valence-electron chi connectivity index (χ2n) is 4.67. The number of imidazole rings is 1. The van der Waals surface area contributed by atoms with E-state index in [0.29, 0.717) is 5.69 Å². The Morgan fingerprint density at radius 2 is 1.95 bits per heavy atom. The summed E-state index contributed by atoms with van der Waals surface area (Å²) in [5.74, 6) is -0.107. The van der Waals surface area contributed by atoms with Crippen LogP contribution in [0.25, 0.3) is 5.65 Å². The minimum absolute atomic E-state index is 0.0394. The smallest absolute Gasteiger partial charge is 0.268 e. The predicted octanol–water partition coefficient (Wildman–Crippen LogP) is 2.83. The lowest BCUT2D eigenvalue weighted by Gasteiger charge is -2.14. The Bertz CT molecular complexity index is 734. The molecule has 0 fully saturated rings. The third-order valence-electron chi connectivity index (χ3n) is 3.31. The average Bonchev–Trinajstić information content (AvgIpc) is 2.96. The van der Waals surface area contributed by atoms with E-state index in [1.54, 1.807) is 22.9 Å². The van der Waals surface area contributed by atoms with Gasteiger partial charge in [0.2, 0.25) is 0 Å². The highest BCUT2D eigenvalue weighted by atomic mass is 16.2. The first-order chi connectivity index (χ1) is 9.75. The van der Waals surface area contributed by atoms with Crippen molar-refractivity contribution in [3.63, 3.8) is 0 Å². The number of nitrogens with zero attached hydrogens (tertiary/aromatic N) is 2. The van der Waals surface area contributed by atoms with Gasteiger partial charge in [-0.05, 0) is 24.6 Å². The molecule has 0 spiro atoms. The van der Waals surface area contributed by atoms with E-state index in [0.717, 1.165) is 11.2 Å². The monoisotopic (exact) mass is 265 g/mol. The van der Waals surface area contributed by atoms with Gasteiger partial charge in [0.15, 0.2) is 0 Å². The van der Waals surface area contributed by atoms with Gasteiger partial charge in [-0.25, -0.2) is 4.98 Å². The van der Waals surface area contributed by atoms with Gasteiger partial charge in [-0.15, -0.1) is 0 Å². The highest BCUT2D eigenvalue weighted by Crippen LogP contribution is 2.13. The van der Waals surface area contributed by atoms with Gasteiger partial charge < -0.3 is 5.32 Å². The van der Waals surface area contributed by atoms with E-state index in [9.17, 15) is 4.79 Å². The number of nitrogens with one attached hydrogen (secondary N) is 1. The standard InChI is InChI=1S/C16H15N3O/c1-12(13-6-3-2-4-7-13)18-16(20)14-8-5-9-15-17-10-11-19(14)15/h2-12H,1H3,(H,18,20). The van der Waals surface area contributed by atoms with E-state index in [4.69, 9.17) is 0 Å². The zero-order valence-corrected chi connectivity index (χ0v) is 11.2. The summed E-state index contributed by atoms with van der Waals surface area (Å²) in [5.41, 5.74) is 2.44. The fraction of sp³-hybridized carbons (Fsp3) is 0.125. The number of benzene rings is 1. The van der Waals surface area contributed by atoms with Crippen molar-refractivity contribution in [1.29, 1.82) is 0 Å². The molecule has 100 valence electrons. The second-order valence-corrected chi connectivity index (χ2v) is 4.67. The van der Waals surface area contributed by atoms with E-state index < -0.39 is 0 Å². The van der Waals surface area contributed by atoms with E-state index in [2.05, 4.69) is 10.3 Å². The molecule has 4 nitrogen and oxygen atoms in total. The van der Waals surface area contributed by atoms with Gasteiger partial charge in [0, 0.05) is 12.4 Å². The SMILES string of the molecule is CC(NC(=O)c1cccc2nccn12)c1ccccc1. The van der Waals surface area contributed by atoms with Crippen LogP contribution in [0.1, 0.15) is 29.0 Å². The summed E-state index contributed by atoms with van der Waals surface area (Å²) in [4.78, 5) is 16.6. The Morgan fingerprint density at radius 1 is 1.15 bits per heavy atom. The van der Waals surface area contributed by atoms with Crippen LogP contribution < -0.4 is 5.32 Å². The highest BCUT2D eigenvalue weighted by Gasteiger charge is 2.13. The van der Waals surface area contributed by atoms with Crippen LogP contribution >= 0.6 is 0 Å². The van der Waals surface area contributed by atoms with Gasteiger partial charge in [0.25, 0.3) is 5.91 Å². The van der Waals surface area contributed by atoms with Gasteiger partial charge in [-0.1, -0.05) is 36.4 Å². The third kappa shape index (κ3) is 2.28. The number of carbonyl (C=O) groups is 1. The molecule has 4 heteroatoms. The lowest BCUT2D eigenvalue weighted by atomic mass is 10.1. The van der Waals surface area contributed by atoms with Gasteiger partial charge in [-0.2, -0.15) is 0 Å². The number of carbonyl (C=O) groups excluding carboxylic acids is 1. The molecule has 1 amide bonds. The summed E-state index contributed by atoms with van der Waals surface area (Å²) in [6.07, 6.45) is 3.48. The van der Waals surface area contributed by atoms with Gasteiger partial charge in [0.1, 0.15) is 11.3 Å². The molecule has 20 heavy (non-hydrogen) atoms. The minimum Gasteiger partial charge on any atom is -0.344 e. The van der Waals surface area contributed by atoms with E-state index in [1.807, 2.05) is 49.4 Å². The topological polar surface area (TPSA) is 46.4 Å². The molecule has 0 aliphatic rings. The Balaban J connectivity index is 1.85. The van der Waals surface area contributed by atoms with Crippen LogP contribution in [0, 0.1) is 0 Å². The lowest BCUT2D eigenvalue weighted by molar-refractivity contribution is 0.0933. The summed E-state index contributed by atoms with van der Waals surface area (Å²) >= 11 is 0. The second kappa shape index (κ2) is 5.17. The maximum Gasteiger partial charge on any atom is 0.268 e. The van der Waals surface area contributed by atoms with Crippen molar-refractivity contribution in [1.82, 2.24) is 14.7 Å². The van der Waals surface area contributed by atoms with Crippen LogP contribution in [0.3, 0.4) is 0 Å². The minimum atomic E-state index is -0.107. The fourth-order valence-corrected chi connectivity index (χ4v) is 2.23. The molecule has 1 unspecified atom stereocenters. The number of aromatic nitrogens is 2. The summed E-state index contributed by atoms with van der Waals surface area (Å²) in [6, 6.07) is 15.4. The first-order valence-electron chi connectivity index (χ1n) is 6.53.